The van der Waals surface area contributed by atoms with Crippen LogP contribution < -0.4 is 21.7 Å². The van der Waals surface area contributed by atoms with Crippen molar-refractivity contribution in [1.82, 2.24) is 10.3 Å². The number of aromatic nitrogens is 1. The number of ether oxygens (including phenoxy) is 1. The molecule has 234 valence electrons. The van der Waals surface area contributed by atoms with Gasteiger partial charge in [0.1, 0.15) is 35.3 Å². The topological polar surface area (TPSA) is 139 Å². The molecule has 0 spiro atoms. The number of carbonyl (C=O) groups excluding carboxylic acids is 2. The zero-order valence-corrected chi connectivity index (χ0v) is 24.1. The average molecular weight is 620 g/mol. The van der Waals surface area contributed by atoms with E-state index < -0.39 is 41.4 Å². The number of carbonyl (C=O) groups is 2. The van der Waals surface area contributed by atoms with Crippen LogP contribution >= 0.6 is 0 Å². The van der Waals surface area contributed by atoms with Gasteiger partial charge in [0.15, 0.2) is 0 Å². The van der Waals surface area contributed by atoms with Gasteiger partial charge >= 0.3 is 0 Å². The molecule has 0 saturated carbocycles. The number of rotatable bonds is 11. The van der Waals surface area contributed by atoms with Gasteiger partial charge in [-0.25, -0.2) is 13.2 Å². The number of phenols is 1. The fraction of sp³-hybridized carbons (Fsp3) is 0.242. The number of morpholine rings is 1. The molecule has 0 unspecified atom stereocenters. The third kappa shape index (κ3) is 7.78. The molecule has 3 atom stereocenters. The van der Waals surface area contributed by atoms with E-state index in [4.69, 9.17) is 10.5 Å². The van der Waals surface area contributed by atoms with Crippen LogP contribution in [0.25, 0.3) is 0 Å². The molecule has 5 rings (SSSR count). The lowest BCUT2D eigenvalue weighted by Gasteiger charge is -2.30. The normalized spacial score (nSPS) is 17.1. The maximum absolute atomic E-state index is 15.2. The third-order valence-electron chi connectivity index (χ3n) is 7.70. The van der Waals surface area contributed by atoms with Crippen LogP contribution in [-0.2, 0) is 20.7 Å². The second kappa shape index (κ2) is 14.2. The number of aromatic hydroxyl groups is 1. The molecule has 1 aromatic heterocycles. The second-order valence-electron chi connectivity index (χ2n) is 10.7. The first-order valence-corrected chi connectivity index (χ1v) is 14.3. The van der Waals surface area contributed by atoms with Gasteiger partial charge in [-0.1, -0.05) is 36.4 Å². The molecule has 3 aromatic carbocycles. The number of para-hydroxylation sites is 2. The zero-order chi connectivity index (χ0) is 31.9. The Hall–Kier alpha value is -4.94. The lowest BCUT2D eigenvalue weighted by Crippen LogP contribution is -2.52. The fourth-order valence-corrected chi connectivity index (χ4v) is 5.33. The number of nitrogens with two attached hydrogens (primary N) is 1. The van der Waals surface area contributed by atoms with E-state index in [-0.39, 0.29) is 47.7 Å². The second-order valence-corrected chi connectivity index (χ2v) is 10.7. The first-order valence-electron chi connectivity index (χ1n) is 14.3. The zero-order valence-electron chi connectivity index (χ0n) is 24.1. The summed E-state index contributed by atoms with van der Waals surface area (Å²) in [6.07, 6.45) is 2.67. The minimum absolute atomic E-state index is 0.0514. The van der Waals surface area contributed by atoms with E-state index in [2.05, 4.69) is 20.9 Å². The highest BCUT2D eigenvalue weighted by Crippen LogP contribution is 2.32. The Morgan fingerprint density at radius 2 is 1.60 bits per heavy atom. The highest BCUT2D eigenvalue weighted by molar-refractivity contribution is 5.96. The summed E-state index contributed by atoms with van der Waals surface area (Å²) in [7, 11) is 0. The molecule has 4 aromatic rings. The van der Waals surface area contributed by atoms with Gasteiger partial charge in [0, 0.05) is 18.0 Å². The van der Waals surface area contributed by atoms with Crippen molar-refractivity contribution in [2.24, 2.45) is 5.73 Å². The molecule has 1 saturated heterocycles. The molecular formula is C33H32F3N5O4. The average Bonchev–Trinajstić information content (AvgIpc) is 3.03. The molecule has 1 aliphatic heterocycles. The van der Waals surface area contributed by atoms with E-state index in [0.29, 0.717) is 24.1 Å². The number of nitrogens with zero attached hydrogens (tertiary/aromatic N) is 1. The number of primary amides is 1. The van der Waals surface area contributed by atoms with Gasteiger partial charge < -0.3 is 31.5 Å². The molecule has 1 fully saturated rings. The number of hydrogen-bond donors (Lipinski definition) is 5. The Morgan fingerprint density at radius 3 is 2.18 bits per heavy atom. The van der Waals surface area contributed by atoms with Crippen LogP contribution in [0.4, 0.5) is 24.5 Å². The number of halogens is 3. The van der Waals surface area contributed by atoms with Crippen molar-refractivity contribution in [3.63, 3.8) is 0 Å². The van der Waals surface area contributed by atoms with Gasteiger partial charge in [-0.15, -0.1) is 0 Å². The molecule has 0 aliphatic carbocycles. The molecule has 1 aliphatic rings. The van der Waals surface area contributed by atoms with Crippen LogP contribution in [0, 0.1) is 17.5 Å². The van der Waals surface area contributed by atoms with Crippen molar-refractivity contribution in [2.45, 2.75) is 36.9 Å². The monoisotopic (exact) mass is 619 g/mol. The van der Waals surface area contributed by atoms with Crippen LogP contribution in [0.2, 0.25) is 0 Å². The van der Waals surface area contributed by atoms with Crippen molar-refractivity contribution in [3.05, 3.63) is 119 Å². The SMILES string of the molecule is NC(=O)[C@@H](Nc1cncc(F)c1CC[C@@H]1CN[C@H](C(=O)Nc2ccccc2O)CO1)C(c1ccc(F)cc1)c1ccc(F)cc1. The largest absolute Gasteiger partial charge is 0.506 e. The molecule has 0 radical (unpaired) electrons. The standard InChI is InChI=1S/C33H32F3N5O4/c34-21-9-5-19(6-10-21)30(20-7-11-22(35)12-8-20)31(32(37)43)40-27-17-38-16-25(36)24(27)14-13-23-15-39-28(18-45-23)33(44)41-26-3-1-2-4-29(26)42/h1-12,16-17,23,28,30-31,39-40,42H,13-15,18H2,(H2,37,43)(H,41,44)/t23-,28+,31+/m1/s1. The summed E-state index contributed by atoms with van der Waals surface area (Å²) >= 11 is 0. The summed E-state index contributed by atoms with van der Waals surface area (Å²) in [5.41, 5.74) is 7.69. The van der Waals surface area contributed by atoms with Crippen LogP contribution in [0.3, 0.4) is 0 Å². The van der Waals surface area contributed by atoms with E-state index in [1.54, 1.807) is 18.2 Å². The number of amides is 2. The van der Waals surface area contributed by atoms with Crippen molar-refractivity contribution < 1.29 is 32.6 Å². The maximum atomic E-state index is 15.2. The fourth-order valence-electron chi connectivity index (χ4n) is 5.33. The molecule has 0 bridgehead atoms. The highest BCUT2D eigenvalue weighted by atomic mass is 19.1. The minimum atomic E-state index is -1.14. The number of hydrogen-bond acceptors (Lipinski definition) is 7. The highest BCUT2D eigenvalue weighted by Gasteiger charge is 2.32. The summed E-state index contributed by atoms with van der Waals surface area (Å²) in [5, 5.41) is 18.8. The van der Waals surface area contributed by atoms with Crippen molar-refractivity contribution >= 4 is 23.2 Å². The van der Waals surface area contributed by atoms with Gasteiger partial charge in [-0.05, 0) is 60.4 Å². The first-order chi connectivity index (χ1) is 21.7. The molecular weight excluding hydrogens is 587 g/mol. The Morgan fingerprint density at radius 1 is 0.956 bits per heavy atom. The quantitative estimate of drug-likeness (QED) is 0.159. The van der Waals surface area contributed by atoms with E-state index in [9.17, 15) is 23.5 Å². The molecule has 9 nitrogen and oxygen atoms in total. The smallest absolute Gasteiger partial charge is 0.244 e. The van der Waals surface area contributed by atoms with Crippen molar-refractivity contribution in [1.29, 1.82) is 0 Å². The number of nitrogens with one attached hydrogen (secondary N) is 3. The predicted octanol–water partition coefficient (Wildman–Crippen LogP) is 4.23. The summed E-state index contributed by atoms with van der Waals surface area (Å²) in [4.78, 5) is 29.5. The van der Waals surface area contributed by atoms with E-state index >= 15 is 4.39 Å². The number of pyridine rings is 1. The van der Waals surface area contributed by atoms with Gasteiger partial charge in [0.2, 0.25) is 11.8 Å². The van der Waals surface area contributed by atoms with E-state index in [1.807, 2.05) is 0 Å². The van der Waals surface area contributed by atoms with Gasteiger partial charge in [-0.3, -0.25) is 14.6 Å². The van der Waals surface area contributed by atoms with Gasteiger partial charge in [0.25, 0.3) is 0 Å². The molecule has 45 heavy (non-hydrogen) atoms. The molecule has 2 amide bonds. The molecule has 12 heteroatoms. The van der Waals surface area contributed by atoms with Crippen LogP contribution in [0.15, 0.2) is 85.2 Å². The minimum Gasteiger partial charge on any atom is -0.506 e. The van der Waals surface area contributed by atoms with E-state index in [1.165, 1.54) is 60.8 Å². The molecule has 6 N–H and O–H groups in total. The summed E-state index contributed by atoms with van der Waals surface area (Å²) in [5.74, 6) is -3.51. The van der Waals surface area contributed by atoms with E-state index in [0.717, 1.165) is 6.20 Å². The van der Waals surface area contributed by atoms with Crippen molar-refractivity contribution in [3.8, 4) is 5.75 Å². The Bertz CT molecular complexity index is 1590. The number of anilines is 2. The lowest BCUT2D eigenvalue weighted by atomic mass is 9.84. The number of benzene rings is 3. The van der Waals surface area contributed by atoms with Gasteiger partial charge in [0.05, 0.1) is 36.5 Å². The Balaban J connectivity index is 1.29. The summed E-state index contributed by atoms with van der Waals surface area (Å²) < 4.78 is 48.6. The first kappa shape index (κ1) is 31.5. The van der Waals surface area contributed by atoms with Gasteiger partial charge in [-0.2, -0.15) is 0 Å². The van der Waals surface area contributed by atoms with Crippen LogP contribution in [0.1, 0.15) is 29.0 Å². The molecule has 2 heterocycles. The Labute approximate surface area is 257 Å². The Kier molecular flexibility index (Phi) is 9.95. The summed E-state index contributed by atoms with van der Waals surface area (Å²) in [6.45, 7) is 0.379. The van der Waals surface area contributed by atoms with Crippen LogP contribution in [-0.4, -0.2) is 53.2 Å². The van der Waals surface area contributed by atoms with Crippen LogP contribution in [0.5, 0.6) is 5.75 Å². The van der Waals surface area contributed by atoms with Crippen molar-refractivity contribution in [2.75, 3.05) is 23.8 Å². The number of phenolic OH excluding ortho intramolecular Hbond substituents is 1. The lowest BCUT2D eigenvalue weighted by molar-refractivity contribution is -0.122. The summed E-state index contributed by atoms with van der Waals surface area (Å²) in [6, 6.07) is 15.6. The third-order valence-corrected chi connectivity index (χ3v) is 7.70. The maximum Gasteiger partial charge on any atom is 0.244 e. The predicted molar refractivity (Wildman–Crippen MR) is 162 cm³/mol.